The van der Waals surface area contributed by atoms with Crippen molar-refractivity contribution in [3.05, 3.63) is 71.8 Å². The summed E-state index contributed by atoms with van der Waals surface area (Å²) in [6.45, 7) is 10.1. The van der Waals surface area contributed by atoms with Gasteiger partial charge in [-0.3, -0.25) is 19.2 Å². The molecule has 2 aromatic rings. The summed E-state index contributed by atoms with van der Waals surface area (Å²) >= 11 is 0. The van der Waals surface area contributed by atoms with E-state index in [0.717, 1.165) is 24.0 Å². The van der Waals surface area contributed by atoms with Gasteiger partial charge in [-0.25, -0.2) is 0 Å². The van der Waals surface area contributed by atoms with E-state index in [1.165, 1.54) is 6.92 Å². The quantitative estimate of drug-likeness (QED) is 0.346. The lowest BCUT2D eigenvalue weighted by molar-refractivity contribution is -0.159. The summed E-state index contributed by atoms with van der Waals surface area (Å²) in [6.07, 6.45) is 1.43. The summed E-state index contributed by atoms with van der Waals surface area (Å²) in [6, 6.07) is 18.0. The molecule has 2 N–H and O–H groups in total. The molecule has 43 heavy (non-hydrogen) atoms. The van der Waals surface area contributed by atoms with E-state index < -0.39 is 29.6 Å². The third kappa shape index (κ3) is 9.92. The molecule has 1 aliphatic heterocycles. The maximum atomic E-state index is 14.1. The van der Waals surface area contributed by atoms with E-state index in [0.29, 0.717) is 26.1 Å². The van der Waals surface area contributed by atoms with Gasteiger partial charge in [0.1, 0.15) is 6.04 Å². The van der Waals surface area contributed by atoms with E-state index in [-0.39, 0.29) is 30.2 Å². The Morgan fingerprint density at radius 2 is 1.60 bits per heavy atom. The van der Waals surface area contributed by atoms with Crippen molar-refractivity contribution in [1.82, 2.24) is 20.4 Å². The zero-order chi connectivity index (χ0) is 31.6. The number of carbonyl (C=O) groups is 4. The van der Waals surface area contributed by atoms with Crippen LogP contribution in [0.5, 0.6) is 0 Å². The van der Waals surface area contributed by atoms with Crippen molar-refractivity contribution in [1.29, 1.82) is 0 Å². The number of likely N-dealkylation sites (N-methyl/N-ethyl adjacent to an activating group) is 1. The zero-order valence-corrected chi connectivity index (χ0v) is 26.5. The topological polar surface area (TPSA) is 108 Å². The highest BCUT2D eigenvalue weighted by molar-refractivity contribution is 5.90. The van der Waals surface area contributed by atoms with Crippen molar-refractivity contribution in [2.24, 2.45) is 5.41 Å². The number of nitrogens with one attached hydrogen (secondary N) is 2. The molecule has 9 nitrogen and oxygen atoms in total. The van der Waals surface area contributed by atoms with Crippen LogP contribution in [0.15, 0.2) is 60.7 Å². The van der Waals surface area contributed by atoms with E-state index in [1.807, 2.05) is 86.3 Å². The molecule has 1 aliphatic rings. The number of benzene rings is 2. The summed E-state index contributed by atoms with van der Waals surface area (Å²) in [5.74, 6) is -1.19. The Kier molecular flexibility index (Phi) is 12.3. The first-order valence-corrected chi connectivity index (χ1v) is 15.2. The van der Waals surface area contributed by atoms with Gasteiger partial charge in [-0.1, -0.05) is 81.4 Å². The van der Waals surface area contributed by atoms with Crippen LogP contribution in [0, 0.1) is 5.41 Å². The summed E-state index contributed by atoms with van der Waals surface area (Å²) < 4.78 is 5.58. The largest absolute Gasteiger partial charge is 0.452 e. The number of hydrogen-bond donors (Lipinski definition) is 2. The monoisotopic (exact) mass is 592 g/mol. The van der Waals surface area contributed by atoms with Crippen molar-refractivity contribution in [3.63, 3.8) is 0 Å². The average Bonchev–Trinajstić information content (AvgIpc) is 3.45. The van der Waals surface area contributed by atoms with Crippen LogP contribution in [-0.2, 0) is 36.8 Å². The molecule has 0 bridgehead atoms. The SMILES string of the molecule is CN[C@@H](C)C(=O)N[C@H](C(=O)N1CCC[C@H]1CN(CCc1ccccc1)C(=O)[C@@H](Cc1ccccc1)OC(C)=O)C(C)(C)C. The van der Waals surface area contributed by atoms with Gasteiger partial charge < -0.3 is 25.2 Å². The smallest absolute Gasteiger partial charge is 0.303 e. The number of hydrogen-bond acceptors (Lipinski definition) is 6. The van der Waals surface area contributed by atoms with Crippen molar-refractivity contribution >= 4 is 23.7 Å². The van der Waals surface area contributed by atoms with Gasteiger partial charge in [0.2, 0.25) is 11.8 Å². The van der Waals surface area contributed by atoms with Gasteiger partial charge in [-0.05, 0) is 49.8 Å². The van der Waals surface area contributed by atoms with E-state index in [4.69, 9.17) is 4.74 Å². The fourth-order valence-corrected chi connectivity index (χ4v) is 5.39. The van der Waals surface area contributed by atoms with Crippen LogP contribution in [0.3, 0.4) is 0 Å². The van der Waals surface area contributed by atoms with Gasteiger partial charge in [0.25, 0.3) is 5.91 Å². The van der Waals surface area contributed by atoms with Crippen LogP contribution in [-0.4, -0.2) is 84.4 Å². The minimum atomic E-state index is -0.981. The van der Waals surface area contributed by atoms with E-state index in [9.17, 15) is 19.2 Å². The molecule has 0 aliphatic carbocycles. The molecule has 9 heteroatoms. The van der Waals surface area contributed by atoms with Crippen LogP contribution in [0.2, 0.25) is 0 Å². The maximum Gasteiger partial charge on any atom is 0.303 e. The van der Waals surface area contributed by atoms with Crippen LogP contribution in [0.4, 0.5) is 0 Å². The molecular formula is C34H48N4O5. The highest BCUT2D eigenvalue weighted by Gasteiger charge is 2.41. The Bertz CT molecular complexity index is 1210. The molecule has 0 saturated carbocycles. The minimum Gasteiger partial charge on any atom is -0.452 e. The number of rotatable bonds is 13. The van der Waals surface area contributed by atoms with E-state index in [1.54, 1.807) is 18.9 Å². The van der Waals surface area contributed by atoms with E-state index in [2.05, 4.69) is 10.6 Å². The fourth-order valence-electron chi connectivity index (χ4n) is 5.39. The first-order chi connectivity index (χ1) is 20.4. The van der Waals surface area contributed by atoms with Gasteiger partial charge in [0.05, 0.1) is 6.04 Å². The number of esters is 1. The molecule has 0 radical (unpaired) electrons. The third-order valence-corrected chi connectivity index (χ3v) is 7.99. The summed E-state index contributed by atoms with van der Waals surface area (Å²) in [5, 5.41) is 5.89. The molecular weight excluding hydrogens is 544 g/mol. The Balaban J connectivity index is 1.86. The minimum absolute atomic E-state index is 0.150. The molecule has 4 atom stereocenters. The van der Waals surface area contributed by atoms with Crippen LogP contribution < -0.4 is 10.6 Å². The first kappa shape index (κ1) is 33.8. The molecule has 0 unspecified atom stereocenters. The predicted octanol–water partition coefficient (Wildman–Crippen LogP) is 3.36. The predicted molar refractivity (Wildman–Crippen MR) is 167 cm³/mol. The highest BCUT2D eigenvalue weighted by atomic mass is 16.5. The van der Waals surface area contributed by atoms with Crippen LogP contribution in [0.25, 0.3) is 0 Å². The number of nitrogens with zero attached hydrogens (tertiary/aromatic N) is 2. The van der Waals surface area contributed by atoms with Crippen molar-refractivity contribution in [3.8, 4) is 0 Å². The second kappa shape index (κ2) is 15.7. The lowest BCUT2D eigenvalue weighted by atomic mass is 9.85. The molecule has 2 aromatic carbocycles. The molecule has 0 aromatic heterocycles. The van der Waals surface area contributed by atoms with Crippen molar-refractivity contribution < 1.29 is 23.9 Å². The summed E-state index contributed by atoms with van der Waals surface area (Å²) in [5.41, 5.74) is 1.45. The number of ether oxygens (including phenoxy) is 1. The second-order valence-electron chi connectivity index (χ2n) is 12.5. The molecule has 3 rings (SSSR count). The normalized spacial score (nSPS) is 17.1. The van der Waals surface area contributed by atoms with Crippen molar-refractivity contribution in [2.75, 3.05) is 26.7 Å². The van der Waals surface area contributed by atoms with Crippen LogP contribution in [0.1, 0.15) is 58.6 Å². The Labute approximate surface area is 256 Å². The summed E-state index contributed by atoms with van der Waals surface area (Å²) in [7, 11) is 1.70. The first-order valence-electron chi connectivity index (χ1n) is 15.2. The lowest BCUT2D eigenvalue weighted by Crippen LogP contribution is -2.59. The Hall–Kier alpha value is -3.72. The zero-order valence-electron chi connectivity index (χ0n) is 26.5. The number of carbonyl (C=O) groups excluding carboxylic acids is 4. The lowest BCUT2D eigenvalue weighted by Gasteiger charge is -2.38. The van der Waals surface area contributed by atoms with Gasteiger partial charge in [-0.15, -0.1) is 0 Å². The molecule has 0 spiro atoms. The van der Waals surface area contributed by atoms with Gasteiger partial charge >= 0.3 is 5.97 Å². The van der Waals surface area contributed by atoms with Crippen LogP contribution >= 0.6 is 0 Å². The number of amides is 3. The third-order valence-electron chi connectivity index (χ3n) is 7.99. The fraction of sp³-hybridized carbons (Fsp3) is 0.529. The highest BCUT2D eigenvalue weighted by Crippen LogP contribution is 2.27. The standard InChI is InChI=1S/C34H48N4O5/c1-24(35-6)31(40)36-30(34(3,4)5)33(42)38-20-13-18-28(38)23-37(21-19-26-14-9-7-10-15-26)32(41)29(43-25(2)39)22-27-16-11-8-12-17-27/h7-12,14-17,24,28-30,35H,13,18-23H2,1-6H3,(H,36,40)/t24-,28-,29+,30+/m0/s1. The molecule has 1 heterocycles. The molecule has 234 valence electrons. The molecule has 1 saturated heterocycles. The summed E-state index contributed by atoms with van der Waals surface area (Å²) in [4.78, 5) is 56.6. The molecule has 1 fully saturated rings. The van der Waals surface area contributed by atoms with Gasteiger partial charge in [0.15, 0.2) is 6.10 Å². The van der Waals surface area contributed by atoms with Gasteiger partial charge in [0, 0.05) is 39.0 Å². The maximum absolute atomic E-state index is 14.1. The second-order valence-corrected chi connectivity index (χ2v) is 12.5. The Morgan fingerprint density at radius 1 is 1.00 bits per heavy atom. The van der Waals surface area contributed by atoms with Gasteiger partial charge in [-0.2, -0.15) is 0 Å². The van der Waals surface area contributed by atoms with E-state index >= 15 is 0 Å². The average molecular weight is 593 g/mol. The molecule has 3 amide bonds. The Morgan fingerprint density at radius 3 is 2.16 bits per heavy atom. The van der Waals surface area contributed by atoms with Crippen molar-refractivity contribution in [2.45, 2.75) is 84.5 Å². The number of likely N-dealkylation sites (tertiary alicyclic amines) is 1.